The van der Waals surface area contributed by atoms with Gasteiger partial charge < -0.3 is 29.7 Å². The van der Waals surface area contributed by atoms with Gasteiger partial charge in [0.25, 0.3) is 5.91 Å². The fourth-order valence-corrected chi connectivity index (χ4v) is 7.57. The van der Waals surface area contributed by atoms with Crippen molar-refractivity contribution in [3.05, 3.63) is 83.4 Å². The van der Waals surface area contributed by atoms with E-state index in [0.29, 0.717) is 69.4 Å². The number of halogens is 6. The molecule has 0 radical (unpaired) electrons. The molecule has 3 aliphatic rings. The molecule has 3 saturated heterocycles. The van der Waals surface area contributed by atoms with Crippen molar-refractivity contribution in [3.8, 4) is 0 Å². The minimum atomic E-state index is -4.39. The lowest BCUT2D eigenvalue weighted by molar-refractivity contribution is -0.138. The van der Waals surface area contributed by atoms with E-state index in [9.17, 15) is 39.6 Å². The molecule has 3 heterocycles. The van der Waals surface area contributed by atoms with Crippen LogP contribution >= 0.6 is 0 Å². The van der Waals surface area contributed by atoms with E-state index in [4.69, 9.17) is 4.74 Å². The molecule has 3 aliphatic heterocycles. The summed E-state index contributed by atoms with van der Waals surface area (Å²) in [5.41, 5.74) is 1.17. The van der Waals surface area contributed by atoms with Gasteiger partial charge in [0, 0.05) is 88.6 Å². The minimum absolute atomic E-state index is 0.0185. The Balaban J connectivity index is 0.000000281. The Morgan fingerprint density at radius 1 is 0.698 bits per heavy atom. The molecule has 0 saturated carbocycles. The molecule has 0 aliphatic carbocycles. The molecule has 0 bridgehead atoms. The summed E-state index contributed by atoms with van der Waals surface area (Å²) in [5, 5.41) is 3.20. The first-order chi connectivity index (χ1) is 25.0. The Hall–Kier alpha value is -4.06. The molecule has 3 aromatic rings. The van der Waals surface area contributed by atoms with Crippen molar-refractivity contribution >= 4 is 33.0 Å². The maximum atomic E-state index is 13.7. The van der Waals surface area contributed by atoms with Crippen LogP contribution < -0.4 is 24.7 Å². The third-order valence-corrected chi connectivity index (χ3v) is 10.7. The van der Waals surface area contributed by atoms with E-state index >= 15 is 0 Å². The van der Waals surface area contributed by atoms with Gasteiger partial charge in [-0.05, 0) is 80.6 Å². The number of nitrogens with zero attached hydrogens (tertiary/aromatic N) is 4. The summed E-state index contributed by atoms with van der Waals surface area (Å²) >= 11 is 0. The number of anilines is 3. The summed E-state index contributed by atoms with van der Waals surface area (Å²) in [6, 6.07) is 14.6. The normalized spacial score (nSPS) is 17.5. The van der Waals surface area contributed by atoms with Crippen molar-refractivity contribution < 1.29 is 44.3 Å². The molecule has 290 valence electrons. The number of amides is 1. The molecule has 0 atom stereocenters. The van der Waals surface area contributed by atoms with E-state index in [1.54, 1.807) is 24.8 Å². The SMILES string of the molecule is CC(C)NS(=O)(=O)c1ccc(N2CCOCC2)c(C(=O)N2CCN(c3ccc(C(F)(F)F)cc3)CC2)c1.FC(F)(F)c1ccc(N2CCNCC2)cc1. The fourth-order valence-electron chi connectivity index (χ4n) is 6.30. The summed E-state index contributed by atoms with van der Waals surface area (Å²) in [6.07, 6.45) is -8.64. The minimum Gasteiger partial charge on any atom is -0.378 e. The third kappa shape index (κ3) is 10.5. The van der Waals surface area contributed by atoms with E-state index in [2.05, 4.69) is 14.9 Å². The molecule has 17 heteroatoms. The highest BCUT2D eigenvalue weighted by atomic mass is 32.2. The van der Waals surface area contributed by atoms with Crippen LogP contribution in [0.3, 0.4) is 0 Å². The molecule has 3 fully saturated rings. The van der Waals surface area contributed by atoms with Crippen molar-refractivity contribution in [2.24, 2.45) is 0 Å². The van der Waals surface area contributed by atoms with Gasteiger partial charge in [-0.3, -0.25) is 4.79 Å². The first-order valence-corrected chi connectivity index (χ1v) is 18.8. The largest absolute Gasteiger partial charge is 0.416 e. The smallest absolute Gasteiger partial charge is 0.378 e. The summed E-state index contributed by atoms with van der Waals surface area (Å²) in [4.78, 5) is 21.4. The lowest BCUT2D eigenvalue weighted by atomic mass is 10.1. The average Bonchev–Trinajstić information content (AvgIpc) is 3.14. The van der Waals surface area contributed by atoms with Crippen LogP contribution in [0.5, 0.6) is 0 Å². The zero-order valence-corrected chi connectivity index (χ0v) is 30.3. The van der Waals surface area contributed by atoms with E-state index in [-0.39, 0.29) is 16.8 Å². The molecule has 2 N–H and O–H groups in total. The van der Waals surface area contributed by atoms with Gasteiger partial charge in [-0.2, -0.15) is 26.3 Å². The van der Waals surface area contributed by atoms with Crippen LogP contribution in [0.15, 0.2) is 71.6 Å². The van der Waals surface area contributed by atoms with Crippen molar-refractivity contribution in [1.29, 1.82) is 0 Å². The molecule has 6 rings (SSSR count). The Kier molecular flexibility index (Phi) is 12.8. The molecule has 53 heavy (non-hydrogen) atoms. The maximum absolute atomic E-state index is 13.7. The van der Waals surface area contributed by atoms with Gasteiger partial charge in [0.1, 0.15) is 0 Å². The topological polar surface area (TPSA) is 97.5 Å². The van der Waals surface area contributed by atoms with Crippen LogP contribution in [-0.4, -0.2) is 104 Å². The number of alkyl halides is 6. The fraction of sp³-hybridized carbons (Fsp3) is 0.472. The van der Waals surface area contributed by atoms with Crippen LogP contribution in [0.2, 0.25) is 0 Å². The second-order valence-corrected chi connectivity index (χ2v) is 14.9. The van der Waals surface area contributed by atoms with Crippen LogP contribution in [0.4, 0.5) is 43.4 Å². The number of hydrogen-bond donors (Lipinski definition) is 2. The van der Waals surface area contributed by atoms with Crippen molar-refractivity contribution in [3.63, 3.8) is 0 Å². The number of rotatable bonds is 7. The van der Waals surface area contributed by atoms with Gasteiger partial charge in [0.05, 0.1) is 34.8 Å². The number of carbonyl (C=O) groups excluding carboxylic acids is 1. The van der Waals surface area contributed by atoms with Gasteiger partial charge in [-0.15, -0.1) is 0 Å². The van der Waals surface area contributed by atoms with Gasteiger partial charge in [-0.25, -0.2) is 13.1 Å². The van der Waals surface area contributed by atoms with Crippen LogP contribution in [0, 0.1) is 0 Å². The molecular formula is C36H44F6N6O4S. The number of piperazine rings is 2. The number of morpholine rings is 1. The maximum Gasteiger partial charge on any atom is 0.416 e. The average molecular weight is 771 g/mol. The second kappa shape index (κ2) is 17.0. The van der Waals surface area contributed by atoms with Crippen molar-refractivity contribution in [2.45, 2.75) is 37.1 Å². The number of ether oxygens (including phenoxy) is 1. The zero-order valence-electron chi connectivity index (χ0n) is 29.5. The highest BCUT2D eigenvalue weighted by Gasteiger charge is 2.32. The molecule has 3 aromatic carbocycles. The predicted octanol–water partition coefficient (Wildman–Crippen LogP) is 5.31. The number of nitrogens with one attached hydrogen (secondary N) is 2. The second-order valence-electron chi connectivity index (χ2n) is 13.2. The van der Waals surface area contributed by atoms with E-state index in [1.165, 1.54) is 36.4 Å². The molecular weight excluding hydrogens is 726 g/mol. The quantitative estimate of drug-likeness (QED) is 0.313. The highest BCUT2D eigenvalue weighted by molar-refractivity contribution is 7.89. The zero-order chi connectivity index (χ0) is 38.4. The van der Waals surface area contributed by atoms with Crippen LogP contribution in [0.1, 0.15) is 35.3 Å². The first kappa shape index (κ1) is 40.1. The molecule has 0 unspecified atom stereocenters. The Morgan fingerprint density at radius 3 is 1.66 bits per heavy atom. The molecule has 0 aromatic heterocycles. The lowest BCUT2D eigenvalue weighted by Gasteiger charge is -2.37. The van der Waals surface area contributed by atoms with Crippen molar-refractivity contribution in [1.82, 2.24) is 14.9 Å². The standard InChI is InChI=1S/C25H31F3N4O4S.C11H13F3N2/c1-18(2)29-37(34,35)21-7-8-23(31-13-15-36-16-14-31)22(17-21)24(33)32-11-9-30(10-12-32)20-5-3-19(4-6-20)25(26,27)28;12-11(13,14)9-1-3-10(4-2-9)16-7-5-15-6-8-16/h3-8,17-18,29H,9-16H2,1-2H3;1-4,15H,5-8H2. The van der Waals surface area contributed by atoms with Gasteiger partial charge in [0.2, 0.25) is 10.0 Å². The van der Waals surface area contributed by atoms with Crippen LogP contribution in [0.25, 0.3) is 0 Å². The van der Waals surface area contributed by atoms with Gasteiger partial charge >= 0.3 is 12.4 Å². The Bertz CT molecular complexity index is 1770. The summed E-state index contributed by atoms with van der Waals surface area (Å²) < 4.78 is 109. The highest BCUT2D eigenvalue weighted by Crippen LogP contribution is 2.32. The number of carbonyl (C=O) groups is 1. The first-order valence-electron chi connectivity index (χ1n) is 17.4. The van der Waals surface area contributed by atoms with Gasteiger partial charge in [-0.1, -0.05) is 0 Å². The van der Waals surface area contributed by atoms with Crippen LogP contribution in [-0.2, 0) is 27.1 Å². The number of sulfonamides is 1. The monoisotopic (exact) mass is 770 g/mol. The molecule has 10 nitrogen and oxygen atoms in total. The van der Waals surface area contributed by atoms with Crippen molar-refractivity contribution in [2.75, 3.05) is 93.4 Å². The summed E-state index contributed by atoms with van der Waals surface area (Å²) in [7, 11) is -3.80. The third-order valence-electron chi connectivity index (χ3n) is 9.05. The Morgan fingerprint density at radius 2 is 1.19 bits per heavy atom. The van der Waals surface area contributed by atoms with E-state index in [1.807, 2.05) is 9.80 Å². The van der Waals surface area contributed by atoms with E-state index in [0.717, 1.165) is 56.1 Å². The number of benzene rings is 3. The van der Waals surface area contributed by atoms with E-state index < -0.39 is 33.5 Å². The number of hydrogen-bond acceptors (Lipinski definition) is 8. The molecule has 0 spiro atoms. The molecule has 1 amide bonds. The summed E-state index contributed by atoms with van der Waals surface area (Å²) in [5.74, 6) is -0.282. The summed E-state index contributed by atoms with van der Waals surface area (Å²) in [6.45, 7) is 10.6. The Labute approximate surface area is 305 Å². The predicted molar refractivity (Wildman–Crippen MR) is 191 cm³/mol. The lowest BCUT2D eigenvalue weighted by Crippen LogP contribution is -2.49. The van der Waals surface area contributed by atoms with Gasteiger partial charge in [0.15, 0.2) is 0 Å².